The van der Waals surface area contributed by atoms with Crippen molar-refractivity contribution >= 4 is 17.8 Å². The van der Waals surface area contributed by atoms with Gasteiger partial charge in [-0.25, -0.2) is 9.59 Å². The van der Waals surface area contributed by atoms with Crippen LogP contribution in [0.1, 0.15) is 18.6 Å². The number of ether oxygens (including phenoxy) is 4. The van der Waals surface area contributed by atoms with Crippen molar-refractivity contribution in [1.82, 2.24) is 0 Å². The van der Waals surface area contributed by atoms with Crippen molar-refractivity contribution in [3.63, 3.8) is 0 Å². The molecule has 22 heavy (non-hydrogen) atoms. The highest BCUT2D eigenvalue weighted by Gasteiger charge is 2.28. The molecule has 10 nitrogen and oxygen atoms in total. The molecule has 1 aromatic rings. The van der Waals surface area contributed by atoms with Gasteiger partial charge in [-0.1, -0.05) is 0 Å². The molecule has 0 fully saturated rings. The third kappa shape index (κ3) is 3.34. The second kappa shape index (κ2) is 6.16. The first kappa shape index (κ1) is 15.4. The van der Waals surface area contributed by atoms with Crippen molar-refractivity contribution in [3.05, 3.63) is 27.8 Å². The number of aliphatic carboxylic acids is 1. The Bertz CT molecular complexity index is 627. The van der Waals surface area contributed by atoms with Crippen LogP contribution < -0.4 is 9.47 Å². The number of nitro benzene ring substituents is 1. The largest absolute Gasteiger partial charge is 0.509 e. The van der Waals surface area contributed by atoms with Crippen LogP contribution in [0.2, 0.25) is 0 Å². The quantitative estimate of drug-likeness (QED) is 0.488. The molecule has 1 aliphatic rings. The molecule has 10 heteroatoms. The lowest BCUT2D eigenvalue weighted by Crippen LogP contribution is -2.16. The van der Waals surface area contributed by atoms with E-state index in [-0.39, 0.29) is 29.5 Å². The van der Waals surface area contributed by atoms with Crippen LogP contribution in [0.4, 0.5) is 10.5 Å². The van der Waals surface area contributed by atoms with Crippen molar-refractivity contribution in [1.29, 1.82) is 0 Å². The minimum Gasteiger partial charge on any atom is -0.479 e. The SMILES string of the molecule is CC(OC(=O)OCC(=O)O)c1cc2c(cc1[N+](=O)[O-])OCO2. The standard InChI is InChI=1S/C12H11NO9/c1-6(22-12(16)19-4-11(14)15)7-2-9-10(21-5-20-9)3-8(7)13(17)18/h2-3,6H,4-5H2,1H3,(H,14,15). The molecule has 1 unspecified atom stereocenters. The first-order chi connectivity index (χ1) is 10.4. The Kier molecular flexibility index (Phi) is 4.30. The maximum Gasteiger partial charge on any atom is 0.509 e. The molecule has 1 aromatic carbocycles. The molecule has 0 spiro atoms. The summed E-state index contributed by atoms with van der Waals surface area (Å²) in [5.41, 5.74) is -0.246. The lowest BCUT2D eigenvalue weighted by atomic mass is 10.1. The zero-order valence-electron chi connectivity index (χ0n) is 11.3. The van der Waals surface area contributed by atoms with Gasteiger partial charge in [-0.2, -0.15) is 0 Å². The molecule has 0 aliphatic carbocycles. The predicted molar refractivity (Wildman–Crippen MR) is 67.7 cm³/mol. The normalized spacial score (nSPS) is 13.3. The topological polar surface area (TPSA) is 134 Å². The fourth-order valence-corrected chi connectivity index (χ4v) is 1.79. The maximum absolute atomic E-state index is 11.3. The van der Waals surface area contributed by atoms with Gasteiger partial charge in [0.1, 0.15) is 6.10 Å². The monoisotopic (exact) mass is 313 g/mol. The summed E-state index contributed by atoms with van der Waals surface area (Å²) in [5, 5.41) is 19.5. The average molecular weight is 313 g/mol. The predicted octanol–water partition coefficient (Wildman–Crippen LogP) is 1.62. The van der Waals surface area contributed by atoms with Crippen LogP contribution in [-0.2, 0) is 14.3 Å². The first-order valence-electron chi connectivity index (χ1n) is 6.01. The highest BCUT2D eigenvalue weighted by atomic mass is 16.7. The third-order valence-electron chi connectivity index (χ3n) is 2.74. The number of hydrogen-bond acceptors (Lipinski definition) is 8. The molecule has 1 atom stereocenters. The number of carboxylic acid groups (broad SMARTS) is 1. The van der Waals surface area contributed by atoms with Gasteiger partial charge in [-0.3, -0.25) is 10.1 Å². The molecule has 0 radical (unpaired) electrons. The van der Waals surface area contributed by atoms with Crippen LogP contribution in [0.5, 0.6) is 11.5 Å². The number of benzene rings is 1. The van der Waals surface area contributed by atoms with E-state index >= 15 is 0 Å². The summed E-state index contributed by atoms with van der Waals surface area (Å²) in [6.45, 7) is 0.452. The lowest BCUT2D eigenvalue weighted by Gasteiger charge is -2.13. The number of nitro groups is 1. The molecular weight excluding hydrogens is 302 g/mol. The Morgan fingerprint density at radius 2 is 2.05 bits per heavy atom. The Balaban J connectivity index is 2.18. The molecule has 0 amide bonds. The Morgan fingerprint density at radius 1 is 1.41 bits per heavy atom. The number of rotatable bonds is 5. The van der Waals surface area contributed by atoms with E-state index in [1.165, 1.54) is 19.1 Å². The van der Waals surface area contributed by atoms with E-state index in [1.54, 1.807) is 0 Å². The second-order valence-corrected chi connectivity index (χ2v) is 4.21. The smallest absolute Gasteiger partial charge is 0.479 e. The van der Waals surface area contributed by atoms with Crippen LogP contribution in [0.15, 0.2) is 12.1 Å². The van der Waals surface area contributed by atoms with Gasteiger partial charge in [0.2, 0.25) is 6.79 Å². The fourth-order valence-electron chi connectivity index (χ4n) is 1.79. The van der Waals surface area contributed by atoms with Crippen molar-refractivity contribution in [2.75, 3.05) is 13.4 Å². The van der Waals surface area contributed by atoms with Crippen LogP contribution in [0.3, 0.4) is 0 Å². The molecular formula is C12H11NO9. The minimum absolute atomic E-state index is 0.0637. The van der Waals surface area contributed by atoms with Gasteiger partial charge in [-0.15, -0.1) is 0 Å². The van der Waals surface area contributed by atoms with Crippen molar-refractivity contribution < 1.29 is 38.6 Å². The summed E-state index contributed by atoms with van der Waals surface area (Å²) in [5.74, 6) is -0.843. The van der Waals surface area contributed by atoms with Crippen LogP contribution in [0.25, 0.3) is 0 Å². The highest BCUT2D eigenvalue weighted by molar-refractivity contribution is 5.71. The minimum atomic E-state index is -1.35. The average Bonchev–Trinajstić information content (AvgIpc) is 2.90. The van der Waals surface area contributed by atoms with Gasteiger partial charge >= 0.3 is 12.1 Å². The molecule has 0 aromatic heterocycles. The number of carbonyl (C=O) groups excluding carboxylic acids is 1. The van der Waals surface area contributed by atoms with Gasteiger partial charge in [0.25, 0.3) is 5.69 Å². The number of carboxylic acids is 1. The molecule has 1 aliphatic heterocycles. The molecule has 1 N–H and O–H groups in total. The van der Waals surface area contributed by atoms with Crippen molar-refractivity contribution in [2.45, 2.75) is 13.0 Å². The van der Waals surface area contributed by atoms with E-state index in [2.05, 4.69) is 4.74 Å². The maximum atomic E-state index is 11.3. The number of hydrogen-bond donors (Lipinski definition) is 1. The Hall–Kier alpha value is -3.04. The highest BCUT2D eigenvalue weighted by Crippen LogP contribution is 2.40. The second-order valence-electron chi connectivity index (χ2n) is 4.21. The molecule has 1 heterocycles. The third-order valence-corrected chi connectivity index (χ3v) is 2.74. The Morgan fingerprint density at radius 3 is 2.64 bits per heavy atom. The van der Waals surface area contributed by atoms with E-state index in [9.17, 15) is 19.7 Å². The summed E-state index contributed by atoms with van der Waals surface area (Å²) in [6, 6.07) is 2.50. The summed E-state index contributed by atoms with van der Waals surface area (Å²) in [6.07, 6.45) is -2.29. The number of nitrogens with zero attached hydrogens (tertiary/aromatic N) is 1. The zero-order chi connectivity index (χ0) is 16.3. The van der Waals surface area contributed by atoms with E-state index in [0.717, 1.165) is 0 Å². The van der Waals surface area contributed by atoms with Crippen molar-refractivity contribution in [3.8, 4) is 11.5 Å². The molecule has 0 bridgehead atoms. The zero-order valence-corrected chi connectivity index (χ0v) is 11.3. The van der Waals surface area contributed by atoms with Gasteiger partial charge in [-0.05, 0) is 13.0 Å². The van der Waals surface area contributed by atoms with E-state index in [4.69, 9.17) is 19.3 Å². The molecule has 0 saturated carbocycles. The van der Waals surface area contributed by atoms with Crippen LogP contribution in [-0.4, -0.2) is 35.6 Å². The summed E-state index contributed by atoms with van der Waals surface area (Å²) >= 11 is 0. The van der Waals surface area contributed by atoms with E-state index < -0.39 is 29.8 Å². The van der Waals surface area contributed by atoms with E-state index in [1.807, 2.05) is 0 Å². The van der Waals surface area contributed by atoms with Crippen molar-refractivity contribution in [2.24, 2.45) is 0 Å². The molecule has 118 valence electrons. The fraction of sp³-hybridized carbons (Fsp3) is 0.333. The summed E-state index contributed by atoms with van der Waals surface area (Å²) in [4.78, 5) is 32.0. The van der Waals surface area contributed by atoms with Crippen LogP contribution >= 0.6 is 0 Å². The summed E-state index contributed by atoms with van der Waals surface area (Å²) in [7, 11) is 0. The molecule has 2 rings (SSSR count). The number of carbonyl (C=O) groups is 2. The van der Waals surface area contributed by atoms with Gasteiger partial charge in [0.05, 0.1) is 16.6 Å². The first-order valence-corrected chi connectivity index (χ1v) is 6.01. The summed E-state index contributed by atoms with van der Waals surface area (Å²) < 4.78 is 19.3. The lowest BCUT2D eigenvalue weighted by molar-refractivity contribution is -0.386. The van der Waals surface area contributed by atoms with Gasteiger partial charge in [0.15, 0.2) is 18.1 Å². The molecule has 0 saturated heterocycles. The van der Waals surface area contributed by atoms with Crippen LogP contribution in [0, 0.1) is 10.1 Å². The van der Waals surface area contributed by atoms with E-state index in [0.29, 0.717) is 0 Å². The number of fused-ring (bicyclic) bond motifs is 1. The van der Waals surface area contributed by atoms with Gasteiger partial charge < -0.3 is 24.1 Å². The van der Waals surface area contributed by atoms with Gasteiger partial charge in [0, 0.05) is 0 Å². The Labute approximate surface area is 123 Å².